The molecule has 0 bridgehead atoms. The molecule has 4 rings (SSSR count). The fourth-order valence-electron chi connectivity index (χ4n) is 3.80. The summed E-state index contributed by atoms with van der Waals surface area (Å²) in [5.41, 5.74) is -0.271. The molecule has 11 heteroatoms. The number of benzene rings is 1. The van der Waals surface area contributed by atoms with Gasteiger partial charge in [0, 0.05) is 25.5 Å². The zero-order valence-corrected chi connectivity index (χ0v) is 18.5. The van der Waals surface area contributed by atoms with Gasteiger partial charge in [0.25, 0.3) is 5.91 Å². The zero-order chi connectivity index (χ0) is 22.9. The van der Waals surface area contributed by atoms with E-state index in [1.165, 1.54) is 12.3 Å². The number of hydrogen-bond acceptors (Lipinski definition) is 4. The smallest absolute Gasteiger partial charge is 0.381 e. The van der Waals surface area contributed by atoms with Crippen LogP contribution >= 0.6 is 12.4 Å². The van der Waals surface area contributed by atoms with Crippen molar-refractivity contribution in [2.75, 3.05) is 25.1 Å². The highest BCUT2D eigenvalue weighted by Gasteiger charge is 2.35. The SMILES string of the molecule is Cc1ccc2c(Nc3cccc(C(F)(F)F)c3F)ncc(C(=O)NCC3CCOCC3)n12.Cl. The first kappa shape index (κ1) is 24.8. The summed E-state index contributed by atoms with van der Waals surface area (Å²) in [6.07, 6.45) is -1.74. The van der Waals surface area contributed by atoms with Crippen molar-refractivity contribution in [3.8, 4) is 0 Å². The topological polar surface area (TPSA) is 67.7 Å². The van der Waals surface area contributed by atoms with Crippen LogP contribution in [-0.4, -0.2) is 35.1 Å². The van der Waals surface area contributed by atoms with Gasteiger partial charge in [0.15, 0.2) is 11.6 Å². The summed E-state index contributed by atoms with van der Waals surface area (Å²) >= 11 is 0. The number of alkyl halides is 3. The molecule has 1 amide bonds. The van der Waals surface area contributed by atoms with Crippen molar-refractivity contribution in [2.24, 2.45) is 5.92 Å². The lowest BCUT2D eigenvalue weighted by molar-refractivity contribution is -0.139. The average molecular weight is 487 g/mol. The Hall–Kier alpha value is -2.85. The van der Waals surface area contributed by atoms with E-state index in [1.54, 1.807) is 23.5 Å². The third-order valence-corrected chi connectivity index (χ3v) is 5.56. The standard InChI is InChI=1S/C22H22F4N4O2.ClH/c1-13-5-6-17-20(29-16-4-2-3-15(19(16)23)22(24,25)26)27-12-18(30(13)17)21(31)28-11-14-7-9-32-10-8-14;/h2-6,12,14H,7-11H2,1H3,(H,27,29)(H,28,31);1H. The van der Waals surface area contributed by atoms with E-state index in [0.717, 1.165) is 24.6 Å². The van der Waals surface area contributed by atoms with Gasteiger partial charge >= 0.3 is 6.18 Å². The van der Waals surface area contributed by atoms with Gasteiger partial charge in [-0.3, -0.25) is 4.79 Å². The molecule has 0 aliphatic carbocycles. The molecule has 3 aromatic rings. The van der Waals surface area contributed by atoms with Gasteiger partial charge in [-0.15, -0.1) is 12.4 Å². The molecule has 6 nitrogen and oxygen atoms in total. The molecule has 0 spiro atoms. The van der Waals surface area contributed by atoms with Crippen LogP contribution < -0.4 is 10.6 Å². The van der Waals surface area contributed by atoms with Crippen LogP contribution in [0.4, 0.5) is 29.1 Å². The summed E-state index contributed by atoms with van der Waals surface area (Å²) in [5, 5.41) is 5.56. The Morgan fingerprint density at radius 1 is 1.21 bits per heavy atom. The van der Waals surface area contributed by atoms with Crippen LogP contribution in [0.3, 0.4) is 0 Å². The fourth-order valence-corrected chi connectivity index (χ4v) is 3.80. The number of rotatable bonds is 5. The largest absolute Gasteiger partial charge is 0.419 e. The van der Waals surface area contributed by atoms with Crippen molar-refractivity contribution in [1.82, 2.24) is 14.7 Å². The second kappa shape index (κ2) is 9.96. The van der Waals surface area contributed by atoms with Crippen molar-refractivity contribution < 1.29 is 27.1 Å². The van der Waals surface area contributed by atoms with Crippen LogP contribution in [-0.2, 0) is 10.9 Å². The van der Waals surface area contributed by atoms with Gasteiger partial charge in [0.05, 0.1) is 23.0 Å². The molecule has 1 aliphatic rings. The molecule has 0 atom stereocenters. The number of hydrogen-bond donors (Lipinski definition) is 2. The predicted molar refractivity (Wildman–Crippen MR) is 118 cm³/mol. The van der Waals surface area contributed by atoms with Crippen LogP contribution in [0.25, 0.3) is 5.52 Å². The minimum absolute atomic E-state index is 0. The van der Waals surface area contributed by atoms with Gasteiger partial charge in [-0.2, -0.15) is 13.2 Å². The summed E-state index contributed by atoms with van der Waals surface area (Å²) in [5.74, 6) is -1.25. The Labute approximate surface area is 193 Å². The second-order valence-corrected chi connectivity index (χ2v) is 7.74. The van der Waals surface area contributed by atoms with Crippen LogP contribution in [0.1, 0.15) is 34.6 Å². The molecule has 0 radical (unpaired) electrons. The first-order chi connectivity index (χ1) is 15.3. The molecule has 1 aliphatic heterocycles. The molecule has 3 heterocycles. The highest BCUT2D eigenvalue weighted by atomic mass is 35.5. The summed E-state index contributed by atoms with van der Waals surface area (Å²) < 4.78 is 60.5. The first-order valence-corrected chi connectivity index (χ1v) is 10.2. The molecule has 1 fully saturated rings. The van der Waals surface area contributed by atoms with Crippen LogP contribution in [0.15, 0.2) is 36.5 Å². The number of nitrogens with one attached hydrogen (secondary N) is 2. The molecule has 2 N–H and O–H groups in total. The van der Waals surface area contributed by atoms with Crippen molar-refractivity contribution in [3.63, 3.8) is 0 Å². The lowest BCUT2D eigenvalue weighted by Gasteiger charge is -2.22. The van der Waals surface area contributed by atoms with Crippen LogP contribution in [0.5, 0.6) is 0 Å². The van der Waals surface area contributed by atoms with Crippen molar-refractivity contribution in [3.05, 3.63) is 59.3 Å². The summed E-state index contributed by atoms with van der Waals surface area (Å²) in [4.78, 5) is 17.0. The molecule has 0 unspecified atom stereocenters. The van der Waals surface area contributed by atoms with Gasteiger partial charge in [0.2, 0.25) is 0 Å². The van der Waals surface area contributed by atoms with Gasteiger partial charge in [-0.1, -0.05) is 6.07 Å². The second-order valence-electron chi connectivity index (χ2n) is 7.74. The van der Waals surface area contributed by atoms with Crippen molar-refractivity contribution in [1.29, 1.82) is 0 Å². The molecular formula is C22H23ClF4N4O2. The molecule has 178 valence electrons. The predicted octanol–water partition coefficient (Wildman–Crippen LogP) is 5.12. The van der Waals surface area contributed by atoms with E-state index < -0.39 is 17.6 Å². The molecular weight excluding hydrogens is 464 g/mol. The number of anilines is 2. The summed E-state index contributed by atoms with van der Waals surface area (Å²) in [6, 6.07) is 6.42. The van der Waals surface area contributed by atoms with Crippen molar-refractivity contribution >= 4 is 35.3 Å². The van der Waals surface area contributed by atoms with Gasteiger partial charge in [-0.25, -0.2) is 9.37 Å². The number of nitrogens with zero attached hydrogens (tertiary/aromatic N) is 2. The maximum Gasteiger partial charge on any atom is 0.419 e. The fraction of sp³-hybridized carbons (Fsp3) is 0.364. The number of ether oxygens (including phenoxy) is 1. The van der Waals surface area contributed by atoms with E-state index in [0.29, 0.717) is 37.3 Å². The Morgan fingerprint density at radius 3 is 2.64 bits per heavy atom. The highest BCUT2D eigenvalue weighted by molar-refractivity contribution is 5.94. The Balaban J connectivity index is 0.00000306. The number of carbonyl (C=O) groups is 1. The van der Waals surface area contributed by atoms with Crippen LogP contribution in [0, 0.1) is 18.7 Å². The lowest BCUT2D eigenvalue weighted by atomic mass is 10.0. The maximum absolute atomic E-state index is 14.5. The first-order valence-electron chi connectivity index (χ1n) is 10.2. The number of aryl methyl sites for hydroxylation is 1. The zero-order valence-electron chi connectivity index (χ0n) is 17.7. The van der Waals surface area contributed by atoms with E-state index in [9.17, 15) is 22.4 Å². The van der Waals surface area contributed by atoms with Gasteiger partial charge < -0.3 is 19.8 Å². The number of carbonyl (C=O) groups excluding carboxylic acids is 1. The van der Waals surface area contributed by atoms with Crippen molar-refractivity contribution in [2.45, 2.75) is 25.9 Å². The number of amides is 1. The molecule has 1 saturated heterocycles. The normalized spacial score (nSPS) is 14.7. The summed E-state index contributed by atoms with van der Waals surface area (Å²) in [7, 11) is 0. The average Bonchev–Trinajstić information content (AvgIpc) is 3.16. The minimum Gasteiger partial charge on any atom is -0.381 e. The van der Waals surface area contributed by atoms with Gasteiger partial charge in [-0.05, 0) is 49.9 Å². The lowest BCUT2D eigenvalue weighted by Crippen LogP contribution is -2.33. The monoisotopic (exact) mass is 486 g/mol. The number of fused-ring (bicyclic) bond motifs is 1. The minimum atomic E-state index is -4.82. The highest BCUT2D eigenvalue weighted by Crippen LogP contribution is 2.35. The molecule has 2 aromatic heterocycles. The quantitative estimate of drug-likeness (QED) is 0.491. The Morgan fingerprint density at radius 2 is 1.94 bits per heavy atom. The van der Waals surface area contributed by atoms with E-state index in [-0.39, 0.29) is 35.5 Å². The van der Waals surface area contributed by atoms with Gasteiger partial charge in [0.1, 0.15) is 5.69 Å². The van der Waals surface area contributed by atoms with Crippen LogP contribution in [0.2, 0.25) is 0 Å². The molecule has 33 heavy (non-hydrogen) atoms. The van der Waals surface area contributed by atoms with E-state index in [1.807, 2.05) is 0 Å². The Bertz CT molecular complexity index is 1140. The molecule has 1 aromatic carbocycles. The molecule has 0 saturated carbocycles. The number of halogens is 5. The van der Waals surface area contributed by atoms with E-state index in [4.69, 9.17) is 4.74 Å². The van der Waals surface area contributed by atoms with E-state index in [2.05, 4.69) is 15.6 Å². The third kappa shape index (κ3) is 5.22. The number of aromatic nitrogens is 2. The maximum atomic E-state index is 14.5. The summed E-state index contributed by atoms with van der Waals surface area (Å²) in [6.45, 7) is 3.65. The van der Waals surface area contributed by atoms with E-state index >= 15 is 0 Å². The Kier molecular flexibility index (Phi) is 7.48. The third-order valence-electron chi connectivity index (χ3n) is 5.56.